The van der Waals surface area contributed by atoms with Gasteiger partial charge in [-0.1, -0.05) is 46.0 Å². The number of unbranched alkanes of at least 4 members (excludes halogenated alkanes) is 5. The molecule has 0 aliphatic carbocycles. The van der Waals surface area contributed by atoms with E-state index in [1.807, 2.05) is 13.8 Å². The van der Waals surface area contributed by atoms with Crippen LogP contribution < -0.4 is 0 Å². The highest BCUT2D eigenvalue weighted by Gasteiger charge is 2.09. The minimum absolute atomic E-state index is 0.118. The number of hydrogen-bond acceptors (Lipinski definition) is 4. The fraction of sp³-hybridized carbons (Fsp3) is 0.789. The van der Waals surface area contributed by atoms with E-state index in [1.54, 1.807) is 0 Å². The molecule has 2 unspecified atom stereocenters. The minimum Gasteiger partial charge on any atom is -0.460 e. The van der Waals surface area contributed by atoms with Gasteiger partial charge in [0.05, 0.1) is 12.2 Å². The Hall–Kier alpha value is -1.32. The molecule has 4 nitrogen and oxygen atoms in total. The molecular weight excluding hydrogens is 292 g/mol. The topological polar surface area (TPSA) is 52.6 Å². The van der Waals surface area contributed by atoms with E-state index in [0.29, 0.717) is 0 Å². The summed E-state index contributed by atoms with van der Waals surface area (Å²) < 4.78 is 10.4. The van der Waals surface area contributed by atoms with Crippen LogP contribution in [-0.2, 0) is 19.1 Å². The molecule has 134 valence electrons. The van der Waals surface area contributed by atoms with Gasteiger partial charge in [0.15, 0.2) is 0 Å². The summed E-state index contributed by atoms with van der Waals surface area (Å²) in [4.78, 5) is 23.2. The summed E-state index contributed by atoms with van der Waals surface area (Å²) in [6.07, 6.45) is 11.7. The molecule has 0 saturated carbocycles. The van der Waals surface area contributed by atoms with Crippen LogP contribution >= 0.6 is 0 Å². The zero-order valence-electron chi connectivity index (χ0n) is 15.3. The number of carbonyl (C=O) groups excluding carboxylic acids is 2. The average Bonchev–Trinajstić information content (AvgIpc) is 2.50. The van der Waals surface area contributed by atoms with Crippen LogP contribution in [-0.4, -0.2) is 24.1 Å². The maximum atomic E-state index is 11.6. The first-order valence-corrected chi connectivity index (χ1v) is 9.08. The van der Waals surface area contributed by atoms with E-state index >= 15 is 0 Å². The van der Waals surface area contributed by atoms with Crippen molar-refractivity contribution in [2.75, 3.05) is 0 Å². The molecule has 0 bridgehead atoms. The molecule has 0 aromatic carbocycles. The average molecular weight is 326 g/mol. The van der Waals surface area contributed by atoms with Gasteiger partial charge in [-0.2, -0.15) is 0 Å². The summed E-state index contributed by atoms with van der Waals surface area (Å²) in [5, 5.41) is 0. The molecule has 0 aromatic heterocycles. The van der Waals surface area contributed by atoms with Gasteiger partial charge < -0.3 is 9.47 Å². The van der Waals surface area contributed by atoms with Gasteiger partial charge in [0.1, 0.15) is 0 Å². The van der Waals surface area contributed by atoms with Crippen LogP contribution in [0, 0.1) is 0 Å². The van der Waals surface area contributed by atoms with E-state index in [1.165, 1.54) is 12.8 Å². The fourth-order valence-electron chi connectivity index (χ4n) is 2.27. The Morgan fingerprint density at radius 2 is 1.13 bits per heavy atom. The first kappa shape index (κ1) is 21.7. The summed E-state index contributed by atoms with van der Waals surface area (Å²) in [5.41, 5.74) is 0. The van der Waals surface area contributed by atoms with E-state index < -0.39 is 11.9 Å². The van der Waals surface area contributed by atoms with E-state index in [4.69, 9.17) is 9.47 Å². The zero-order valence-corrected chi connectivity index (χ0v) is 15.3. The number of rotatable bonds is 13. The quantitative estimate of drug-likeness (QED) is 0.273. The molecule has 0 aromatic rings. The normalized spacial score (nSPS) is 13.7. The molecule has 2 atom stereocenters. The first-order chi connectivity index (χ1) is 11.0. The van der Waals surface area contributed by atoms with Gasteiger partial charge in [-0.05, 0) is 39.5 Å². The van der Waals surface area contributed by atoms with Crippen molar-refractivity contribution in [2.45, 2.75) is 97.7 Å². The molecule has 0 N–H and O–H groups in total. The summed E-state index contributed by atoms with van der Waals surface area (Å²) in [6.45, 7) is 8.05. The largest absolute Gasteiger partial charge is 0.460 e. The SMILES string of the molecule is CCCCCCC(C)OC(=O)/C=C/C(=O)OC(C)CCCCC. The monoisotopic (exact) mass is 326 g/mol. The predicted octanol–water partition coefficient (Wildman–Crippen LogP) is 4.96. The predicted molar refractivity (Wildman–Crippen MR) is 93.1 cm³/mol. The molecule has 0 saturated heterocycles. The highest BCUT2D eigenvalue weighted by molar-refractivity contribution is 5.91. The molecule has 0 radical (unpaired) electrons. The van der Waals surface area contributed by atoms with E-state index in [0.717, 1.165) is 57.1 Å². The van der Waals surface area contributed by atoms with Gasteiger partial charge in [0.25, 0.3) is 0 Å². The second-order valence-corrected chi connectivity index (χ2v) is 6.17. The molecule has 23 heavy (non-hydrogen) atoms. The van der Waals surface area contributed by atoms with Gasteiger partial charge in [0, 0.05) is 12.2 Å². The van der Waals surface area contributed by atoms with E-state index in [2.05, 4.69) is 13.8 Å². The maximum absolute atomic E-state index is 11.6. The van der Waals surface area contributed by atoms with Gasteiger partial charge in [-0.15, -0.1) is 0 Å². The minimum atomic E-state index is -0.485. The third kappa shape index (κ3) is 14.0. The summed E-state index contributed by atoms with van der Waals surface area (Å²) in [6, 6.07) is 0. The Labute approximate surface area is 141 Å². The number of hydrogen-bond donors (Lipinski definition) is 0. The molecule has 0 fully saturated rings. The number of esters is 2. The van der Waals surface area contributed by atoms with Gasteiger partial charge >= 0.3 is 11.9 Å². The second-order valence-electron chi connectivity index (χ2n) is 6.17. The van der Waals surface area contributed by atoms with Crippen molar-refractivity contribution in [1.82, 2.24) is 0 Å². The molecule has 0 spiro atoms. The smallest absolute Gasteiger partial charge is 0.331 e. The van der Waals surface area contributed by atoms with Crippen LogP contribution in [0.1, 0.15) is 85.5 Å². The fourth-order valence-corrected chi connectivity index (χ4v) is 2.27. The molecule has 4 heteroatoms. The number of ether oxygens (including phenoxy) is 2. The molecule has 0 aliphatic heterocycles. The lowest BCUT2D eigenvalue weighted by molar-refractivity contribution is -0.145. The van der Waals surface area contributed by atoms with Gasteiger partial charge in [-0.25, -0.2) is 9.59 Å². The second kappa shape index (κ2) is 14.3. The van der Waals surface area contributed by atoms with Crippen molar-refractivity contribution in [1.29, 1.82) is 0 Å². The molecule has 0 amide bonds. The molecular formula is C19H34O4. The lowest BCUT2D eigenvalue weighted by Crippen LogP contribution is -2.15. The Morgan fingerprint density at radius 1 is 0.739 bits per heavy atom. The van der Waals surface area contributed by atoms with Crippen molar-refractivity contribution in [3.05, 3.63) is 12.2 Å². The standard InChI is InChI=1S/C19H34O4/c1-5-7-9-11-13-17(4)23-19(21)15-14-18(20)22-16(3)12-10-8-6-2/h14-17H,5-13H2,1-4H3/b15-14+. The zero-order chi connectivity index (χ0) is 17.5. The Balaban J connectivity index is 3.90. The molecule has 0 rings (SSSR count). The molecule has 0 aliphatic rings. The third-order valence-electron chi connectivity index (χ3n) is 3.67. The van der Waals surface area contributed by atoms with E-state index in [-0.39, 0.29) is 12.2 Å². The maximum Gasteiger partial charge on any atom is 0.331 e. The van der Waals surface area contributed by atoms with Gasteiger partial charge in [0.2, 0.25) is 0 Å². The summed E-state index contributed by atoms with van der Waals surface area (Å²) in [7, 11) is 0. The van der Waals surface area contributed by atoms with Crippen molar-refractivity contribution in [3.8, 4) is 0 Å². The van der Waals surface area contributed by atoms with Crippen molar-refractivity contribution < 1.29 is 19.1 Å². The van der Waals surface area contributed by atoms with E-state index in [9.17, 15) is 9.59 Å². The van der Waals surface area contributed by atoms with Crippen LogP contribution in [0.5, 0.6) is 0 Å². The Kier molecular flexibility index (Phi) is 13.5. The molecule has 0 heterocycles. The van der Waals surface area contributed by atoms with Crippen molar-refractivity contribution >= 4 is 11.9 Å². The van der Waals surface area contributed by atoms with Crippen LogP contribution in [0.2, 0.25) is 0 Å². The Morgan fingerprint density at radius 3 is 1.57 bits per heavy atom. The summed E-state index contributed by atoms with van der Waals surface area (Å²) >= 11 is 0. The number of carbonyl (C=O) groups is 2. The van der Waals surface area contributed by atoms with Crippen LogP contribution in [0.25, 0.3) is 0 Å². The lowest BCUT2D eigenvalue weighted by atomic mass is 10.1. The summed E-state index contributed by atoms with van der Waals surface area (Å²) in [5.74, 6) is -0.967. The highest BCUT2D eigenvalue weighted by atomic mass is 16.5. The van der Waals surface area contributed by atoms with Crippen LogP contribution in [0.15, 0.2) is 12.2 Å². The van der Waals surface area contributed by atoms with Crippen LogP contribution in [0.4, 0.5) is 0 Å². The first-order valence-electron chi connectivity index (χ1n) is 9.08. The van der Waals surface area contributed by atoms with Crippen LogP contribution in [0.3, 0.4) is 0 Å². The Bertz CT molecular complexity index is 349. The lowest BCUT2D eigenvalue weighted by Gasteiger charge is -2.12. The van der Waals surface area contributed by atoms with Gasteiger partial charge in [-0.3, -0.25) is 0 Å². The van der Waals surface area contributed by atoms with Crippen molar-refractivity contribution in [3.63, 3.8) is 0 Å². The highest BCUT2D eigenvalue weighted by Crippen LogP contribution is 2.09. The third-order valence-corrected chi connectivity index (χ3v) is 3.67. The van der Waals surface area contributed by atoms with Crippen molar-refractivity contribution in [2.24, 2.45) is 0 Å².